The quantitative estimate of drug-likeness (QED) is 0.190. The van der Waals surface area contributed by atoms with Crippen molar-refractivity contribution in [3.05, 3.63) is 59.7 Å². The predicted octanol–water partition coefficient (Wildman–Crippen LogP) is 7.08. The number of anilines is 1. The average Bonchev–Trinajstić information content (AvgIpc) is 2.98. The van der Waals surface area contributed by atoms with Gasteiger partial charge in [-0.3, -0.25) is 4.79 Å². The molecule has 2 aliphatic carbocycles. The van der Waals surface area contributed by atoms with Crippen molar-refractivity contribution in [2.45, 2.75) is 67.4 Å². The third-order valence-electron chi connectivity index (χ3n) is 6.75. The Balaban J connectivity index is 1.97. The highest BCUT2D eigenvalue weighted by molar-refractivity contribution is 5.92. The zero-order chi connectivity index (χ0) is 26.0. The normalized spacial score (nSPS) is 21.7. The minimum absolute atomic E-state index is 0.146. The molecule has 0 saturated carbocycles. The van der Waals surface area contributed by atoms with E-state index in [1.54, 1.807) is 30.5 Å². The number of hydrogen-bond donors (Lipinski definition) is 0. The maximum atomic E-state index is 13.2. The molecule has 35 heavy (non-hydrogen) atoms. The molecule has 0 radical (unpaired) electrons. The lowest BCUT2D eigenvalue weighted by molar-refractivity contribution is -0.138. The molecule has 3 rings (SSSR count). The molecule has 1 aromatic rings. The number of allylic oxidation sites excluding steroid dienone is 6. The molecule has 0 bridgehead atoms. The minimum atomic E-state index is -0.697. The third-order valence-corrected chi connectivity index (χ3v) is 6.75. The number of nitrogens with zero attached hydrogens (tertiary/aromatic N) is 2. The zero-order valence-corrected chi connectivity index (χ0v) is 22.2. The Hall–Kier alpha value is -3.15. The molecule has 0 heterocycles. The summed E-state index contributed by atoms with van der Waals surface area (Å²) in [7, 11) is 0. The molecular weight excluding hydrogens is 440 g/mol. The van der Waals surface area contributed by atoms with Crippen molar-refractivity contribution < 1.29 is 19.1 Å². The third kappa shape index (κ3) is 5.92. The van der Waals surface area contributed by atoms with Gasteiger partial charge in [0, 0.05) is 12.0 Å². The van der Waals surface area contributed by atoms with Gasteiger partial charge in [0.2, 0.25) is 0 Å². The summed E-state index contributed by atoms with van der Waals surface area (Å²) in [4.78, 5) is 25.5. The second-order valence-corrected chi connectivity index (χ2v) is 10.9. The Morgan fingerprint density at radius 3 is 2.51 bits per heavy atom. The molecule has 0 fully saturated rings. The van der Waals surface area contributed by atoms with E-state index in [0.717, 1.165) is 5.57 Å². The topological polar surface area (TPSA) is 68.2 Å². The number of esters is 1. The summed E-state index contributed by atoms with van der Waals surface area (Å²) in [5.74, 6) is 0.482. The Bertz CT molecular complexity index is 1090. The van der Waals surface area contributed by atoms with Crippen LogP contribution in [-0.4, -0.2) is 23.9 Å². The van der Waals surface area contributed by atoms with Gasteiger partial charge in [-0.15, -0.1) is 0 Å². The molecule has 1 aromatic carbocycles. The van der Waals surface area contributed by atoms with Crippen LogP contribution in [0.3, 0.4) is 0 Å². The van der Waals surface area contributed by atoms with E-state index in [4.69, 9.17) is 9.47 Å². The SMILES string of the molecule is CCC(C)C(=O)Oc1cccc(N(/N=C/C2=C(C)C3C=CC=CC3C2(C)C)C(=O)OC(C)(C)C)c1. The highest BCUT2D eigenvalue weighted by atomic mass is 16.6. The fourth-order valence-electron chi connectivity index (χ4n) is 4.55. The molecule has 188 valence electrons. The van der Waals surface area contributed by atoms with E-state index in [1.165, 1.54) is 10.6 Å². The molecule has 3 unspecified atom stereocenters. The molecule has 0 spiro atoms. The smallest absolute Gasteiger partial charge is 0.435 e. The monoisotopic (exact) mass is 478 g/mol. The van der Waals surface area contributed by atoms with E-state index >= 15 is 0 Å². The average molecular weight is 479 g/mol. The highest BCUT2D eigenvalue weighted by Crippen LogP contribution is 2.52. The van der Waals surface area contributed by atoms with Gasteiger partial charge in [0.15, 0.2) is 0 Å². The molecular formula is C29H38N2O4. The molecule has 0 aliphatic heterocycles. The van der Waals surface area contributed by atoms with Crippen LogP contribution < -0.4 is 9.75 Å². The summed E-state index contributed by atoms with van der Waals surface area (Å²) in [6.07, 6.45) is 10.5. The van der Waals surface area contributed by atoms with Crippen molar-refractivity contribution >= 4 is 24.0 Å². The van der Waals surface area contributed by atoms with Crippen molar-refractivity contribution in [3.63, 3.8) is 0 Å². The first kappa shape index (κ1) is 26.5. The number of hydrogen-bond acceptors (Lipinski definition) is 5. The molecule has 2 aliphatic rings. The Kier molecular flexibility index (Phi) is 7.73. The second kappa shape index (κ2) is 10.2. The molecule has 0 aromatic heterocycles. The highest BCUT2D eigenvalue weighted by Gasteiger charge is 2.44. The fourth-order valence-corrected chi connectivity index (χ4v) is 4.55. The van der Waals surface area contributed by atoms with Crippen LogP contribution in [0, 0.1) is 23.2 Å². The van der Waals surface area contributed by atoms with Crippen LogP contribution in [0.2, 0.25) is 0 Å². The van der Waals surface area contributed by atoms with Gasteiger partial charge < -0.3 is 9.47 Å². The number of carbonyl (C=O) groups excluding carboxylic acids is 2. The van der Waals surface area contributed by atoms with E-state index in [1.807, 2.05) is 34.6 Å². The predicted molar refractivity (Wildman–Crippen MR) is 140 cm³/mol. The zero-order valence-electron chi connectivity index (χ0n) is 22.2. The summed E-state index contributed by atoms with van der Waals surface area (Å²) in [5.41, 5.74) is 1.95. The molecule has 6 nitrogen and oxygen atoms in total. The van der Waals surface area contributed by atoms with Crippen LogP contribution >= 0.6 is 0 Å². The van der Waals surface area contributed by atoms with E-state index in [0.29, 0.717) is 29.7 Å². The first-order valence-electron chi connectivity index (χ1n) is 12.3. The van der Waals surface area contributed by atoms with Crippen LogP contribution in [0.25, 0.3) is 0 Å². The van der Waals surface area contributed by atoms with E-state index in [2.05, 4.69) is 50.2 Å². The van der Waals surface area contributed by atoms with Crippen molar-refractivity contribution in [2.24, 2.45) is 28.3 Å². The van der Waals surface area contributed by atoms with Crippen LogP contribution in [0.4, 0.5) is 10.5 Å². The minimum Gasteiger partial charge on any atom is -0.442 e. The standard InChI is InChI=1S/C29H38N2O4/c1-9-19(2)26(32)34-22-14-12-13-21(17-22)31(27(33)35-28(4,5)6)30-18-25-20(3)23-15-10-11-16-24(23)29(25,7)8/h10-19,23-24H,9H2,1-8H3/b30-18+. The van der Waals surface area contributed by atoms with Crippen LogP contribution in [-0.2, 0) is 9.53 Å². The Labute approximate surface area is 209 Å². The first-order chi connectivity index (χ1) is 16.3. The summed E-state index contributed by atoms with van der Waals surface area (Å²) in [6, 6.07) is 6.80. The Morgan fingerprint density at radius 1 is 1.20 bits per heavy atom. The van der Waals surface area contributed by atoms with Crippen molar-refractivity contribution in [3.8, 4) is 5.75 Å². The summed E-state index contributed by atoms with van der Waals surface area (Å²) < 4.78 is 11.2. The number of hydrazone groups is 1. The fraction of sp³-hybridized carbons (Fsp3) is 0.483. The van der Waals surface area contributed by atoms with E-state index in [-0.39, 0.29) is 17.3 Å². The van der Waals surface area contributed by atoms with Crippen LogP contribution in [0.1, 0.15) is 61.8 Å². The lowest BCUT2D eigenvalue weighted by atomic mass is 9.73. The maximum absolute atomic E-state index is 13.2. The molecule has 3 atom stereocenters. The number of rotatable bonds is 6. The van der Waals surface area contributed by atoms with Crippen molar-refractivity contribution in [1.29, 1.82) is 0 Å². The number of ether oxygens (including phenoxy) is 2. The Morgan fingerprint density at radius 2 is 1.89 bits per heavy atom. The largest absolute Gasteiger partial charge is 0.442 e. The molecule has 0 saturated heterocycles. The van der Waals surface area contributed by atoms with Gasteiger partial charge in [0.25, 0.3) is 0 Å². The van der Waals surface area contributed by atoms with Crippen molar-refractivity contribution in [1.82, 2.24) is 0 Å². The van der Waals surface area contributed by atoms with Gasteiger partial charge in [-0.05, 0) is 63.2 Å². The van der Waals surface area contributed by atoms with Crippen LogP contribution in [0.5, 0.6) is 5.75 Å². The van der Waals surface area contributed by atoms with Gasteiger partial charge in [0.05, 0.1) is 17.8 Å². The lowest BCUT2D eigenvalue weighted by Gasteiger charge is -2.31. The number of benzene rings is 1. The summed E-state index contributed by atoms with van der Waals surface area (Å²) in [6.45, 7) is 15.7. The molecule has 1 amide bonds. The van der Waals surface area contributed by atoms with E-state index < -0.39 is 11.7 Å². The van der Waals surface area contributed by atoms with Crippen molar-refractivity contribution in [2.75, 3.05) is 5.01 Å². The second-order valence-electron chi connectivity index (χ2n) is 10.9. The summed E-state index contributed by atoms with van der Waals surface area (Å²) >= 11 is 0. The first-order valence-corrected chi connectivity index (χ1v) is 12.3. The van der Waals surface area contributed by atoms with Gasteiger partial charge in [-0.2, -0.15) is 10.1 Å². The van der Waals surface area contributed by atoms with Gasteiger partial charge in [-0.1, -0.05) is 63.6 Å². The molecule has 0 N–H and O–H groups in total. The maximum Gasteiger partial charge on any atom is 0.435 e. The van der Waals surface area contributed by atoms with Crippen LogP contribution in [0.15, 0.2) is 64.8 Å². The summed E-state index contributed by atoms with van der Waals surface area (Å²) in [5, 5.41) is 5.85. The van der Waals surface area contributed by atoms with E-state index in [9.17, 15) is 9.59 Å². The van der Waals surface area contributed by atoms with Gasteiger partial charge in [-0.25, -0.2) is 4.79 Å². The molecule has 6 heteroatoms. The number of fused-ring (bicyclic) bond motifs is 1. The van der Waals surface area contributed by atoms with Gasteiger partial charge >= 0.3 is 12.1 Å². The lowest BCUT2D eigenvalue weighted by Crippen LogP contribution is -2.34. The number of amides is 1. The number of carbonyl (C=O) groups is 2. The van der Waals surface area contributed by atoms with Gasteiger partial charge in [0.1, 0.15) is 11.4 Å².